The Hall–Kier alpha value is -4.26. The molecule has 0 aliphatic carbocycles. The number of carbonyl (C=O) groups excluding carboxylic acids is 1. The second-order valence-electron chi connectivity index (χ2n) is 9.60. The Morgan fingerprint density at radius 3 is 2.67 bits per heavy atom. The number of hydrogen-bond donors (Lipinski definition) is 3. The van der Waals surface area contributed by atoms with E-state index in [0.717, 1.165) is 5.69 Å². The minimum absolute atomic E-state index is 0.141. The van der Waals surface area contributed by atoms with Gasteiger partial charge < -0.3 is 29.8 Å². The number of rotatable bonds is 10. The van der Waals surface area contributed by atoms with Crippen LogP contribution in [-0.2, 0) is 19.0 Å². The first-order valence-electron chi connectivity index (χ1n) is 12.8. The second kappa shape index (κ2) is 12.3. The van der Waals surface area contributed by atoms with Crippen LogP contribution in [0.5, 0.6) is 0 Å². The number of methoxy groups -OCH3 is 1. The van der Waals surface area contributed by atoms with Crippen molar-refractivity contribution in [1.29, 1.82) is 0 Å². The highest BCUT2D eigenvalue weighted by molar-refractivity contribution is 5.82. The fourth-order valence-corrected chi connectivity index (χ4v) is 4.16. The number of carbonyl (C=O) groups is 1. The number of anilines is 2. The van der Waals surface area contributed by atoms with Crippen molar-refractivity contribution in [3.63, 3.8) is 0 Å². The molecule has 208 valence electrons. The predicted molar refractivity (Wildman–Crippen MR) is 145 cm³/mol. The third kappa shape index (κ3) is 6.30. The minimum Gasteiger partial charge on any atom is -0.385 e. The summed E-state index contributed by atoms with van der Waals surface area (Å²) in [7, 11) is 1.62. The highest BCUT2D eigenvalue weighted by Gasteiger charge is 2.40. The largest absolute Gasteiger partial charge is 0.385 e. The number of halogens is 1. The van der Waals surface area contributed by atoms with E-state index in [1.54, 1.807) is 56.9 Å². The number of aromatic nitrogens is 5. The van der Waals surface area contributed by atoms with E-state index >= 15 is 0 Å². The molecule has 0 atom stereocenters. The van der Waals surface area contributed by atoms with Crippen molar-refractivity contribution in [2.24, 2.45) is 5.41 Å². The average Bonchev–Trinajstić information content (AvgIpc) is 3.42. The Morgan fingerprint density at radius 2 is 1.95 bits per heavy atom. The summed E-state index contributed by atoms with van der Waals surface area (Å²) in [6.45, 7) is 3.15. The van der Waals surface area contributed by atoms with Gasteiger partial charge in [-0.1, -0.05) is 0 Å². The van der Waals surface area contributed by atoms with Gasteiger partial charge in [0.2, 0.25) is 18.1 Å². The fourth-order valence-electron chi connectivity index (χ4n) is 4.16. The first-order valence-corrected chi connectivity index (χ1v) is 12.8. The summed E-state index contributed by atoms with van der Waals surface area (Å²) in [5, 5.41) is 6.04. The van der Waals surface area contributed by atoms with Crippen molar-refractivity contribution in [2.75, 3.05) is 38.8 Å². The molecule has 3 aromatic heterocycles. The Balaban J connectivity index is 1.38. The van der Waals surface area contributed by atoms with Crippen LogP contribution in [0, 0.1) is 11.2 Å². The molecule has 0 unspecified atom stereocenters. The lowest BCUT2D eigenvalue weighted by Gasteiger charge is -2.35. The molecule has 1 aliphatic rings. The topological polar surface area (TPSA) is 136 Å². The number of H-pyrrole nitrogens is 1. The molecule has 0 radical (unpaired) electrons. The Bertz CT molecular complexity index is 1420. The molecule has 3 N–H and O–H groups in total. The van der Waals surface area contributed by atoms with Crippen molar-refractivity contribution in [3.8, 4) is 22.6 Å². The maximum Gasteiger partial charge on any atom is 0.230 e. The van der Waals surface area contributed by atoms with E-state index in [1.165, 1.54) is 12.1 Å². The molecule has 1 aromatic carbocycles. The number of nitrogens with zero attached hydrogens (tertiary/aromatic N) is 4. The van der Waals surface area contributed by atoms with E-state index in [-0.39, 0.29) is 24.9 Å². The zero-order valence-electron chi connectivity index (χ0n) is 22.2. The number of hydrogen-bond acceptors (Lipinski definition) is 9. The number of benzene rings is 1. The maximum absolute atomic E-state index is 13.7. The van der Waals surface area contributed by atoms with Gasteiger partial charge in [-0.2, -0.15) is 0 Å². The summed E-state index contributed by atoms with van der Waals surface area (Å²) >= 11 is 0. The number of nitrogens with one attached hydrogen (secondary N) is 3. The summed E-state index contributed by atoms with van der Waals surface area (Å²) < 4.78 is 30.7. The highest BCUT2D eigenvalue weighted by Crippen LogP contribution is 2.35. The molecule has 1 amide bonds. The van der Waals surface area contributed by atoms with E-state index in [9.17, 15) is 9.18 Å². The summed E-state index contributed by atoms with van der Waals surface area (Å²) in [4.78, 5) is 33.8. The zero-order valence-corrected chi connectivity index (χ0v) is 22.2. The average molecular weight is 548 g/mol. The van der Waals surface area contributed by atoms with E-state index < -0.39 is 11.7 Å². The Labute approximate surface area is 230 Å². The molecule has 0 spiro atoms. The summed E-state index contributed by atoms with van der Waals surface area (Å²) in [6, 6.07) is 11.4. The fraction of sp³-hybridized carbons (Fsp3) is 0.321. The zero-order chi connectivity index (χ0) is 28.0. The van der Waals surface area contributed by atoms with E-state index in [2.05, 4.69) is 30.6 Å². The van der Waals surface area contributed by atoms with Crippen LogP contribution >= 0.6 is 0 Å². The molecule has 4 heterocycles. The number of amides is 1. The van der Waals surface area contributed by atoms with Crippen molar-refractivity contribution in [1.82, 2.24) is 30.2 Å². The minimum atomic E-state index is -0.849. The van der Waals surface area contributed by atoms with Crippen molar-refractivity contribution < 1.29 is 23.4 Å². The van der Waals surface area contributed by atoms with Crippen molar-refractivity contribution in [2.45, 2.75) is 19.6 Å². The van der Waals surface area contributed by atoms with Crippen LogP contribution in [0.15, 0.2) is 61.1 Å². The van der Waals surface area contributed by atoms with Gasteiger partial charge in [-0.25, -0.2) is 19.3 Å². The maximum atomic E-state index is 13.7. The molecule has 4 aromatic rings. The molecule has 1 saturated heterocycles. The summed E-state index contributed by atoms with van der Waals surface area (Å²) in [6.07, 6.45) is 4.85. The molecule has 1 fully saturated rings. The van der Waals surface area contributed by atoms with Crippen LogP contribution in [0.25, 0.3) is 22.6 Å². The highest BCUT2D eigenvalue weighted by atomic mass is 19.1. The van der Waals surface area contributed by atoms with Crippen molar-refractivity contribution >= 4 is 17.5 Å². The molecule has 1 aliphatic heterocycles. The van der Waals surface area contributed by atoms with Crippen molar-refractivity contribution in [3.05, 3.63) is 72.7 Å². The molecular formula is C28H30FN7O4. The van der Waals surface area contributed by atoms with Gasteiger partial charge in [0.1, 0.15) is 5.82 Å². The lowest BCUT2D eigenvalue weighted by Crippen LogP contribution is -2.48. The molecule has 11 nitrogen and oxygen atoms in total. The standard InChI is InChI=1S/C28H30FN7O4/c1-28(26(37)31-12-4-14-38-2)16-39-25(40-17-28)24-35-22(18-6-8-19(29)9-7-18)23(36-24)21-10-13-32-27(34-21)33-20-5-3-11-30-15-20/h3,5-11,13,15,25H,4,12,14,16-17H2,1-2H3,(H,31,37)(H,35,36)(H,32,33,34). The normalized spacial score (nSPS) is 18.8. The van der Waals surface area contributed by atoms with E-state index in [0.29, 0.717) is 54.0 Å². The molecule has 0 bridgehead atoms. The SMILES string of the molecule is COCCCNC(=O)C1(C)COC(c2nc(-c3ccc(F)cc3)c(-c3ccnc(Nc4cccnc4)n3)[nH]2)OC1. The Kier molecular flexibility index (Phi) is 8.39. The van der Waals surface area contributed by atoms with Gasteiger partial charge in [0.15, 0.2) is 5.82 Å². The van der Waals surface area contributed by atoms with E-state index in [4.69, 9.17) is 19.2 Å². The number of aromatic amines is 1. The Morgan fingerprint density at radius 1 is 1.15 bits per heavy atom. The van der Waals surface area contributed by atoms with Gasteiger partial charge in [-0.05, 0) is 55.8 Å². The summed E-state index contributed by atoms with van der Waals surface area (Å²) in [5.41, 5.74) is 2.23. The third-order valence-electron chi connectivity index (χ3n) is 6.36. The van der Waals surface area contributed by atoms with Gasteiger partial charge in [0, 0.05) is 38.2 Å². The lowest BCUT2D eigenvalue weighted by atomic mass is 9.91. The predicted octanol–water partition coefficient (Wildman–Crippen LogP) is 4.02. The van der Waals surface area contributed by atoms with Crippen LogP contribution in [0.2, 0.25) is 0 Å². The smallest absolute Gasteiger partial charge is 0.230 e. The van der Waals surface area contributed by atoms with Gasteiger partial charge in [0.05, 0.1) is 47.6 Å². The number of pyridine rings is 1. The first-order chi connectivity index (χ1) is 19.4. The second-order valence-corrected chi connectivity index (χ2v) is 9.60. The number of ether oxygens (including phenoxy) is 3. The molecule has 12 heteroatoms. The van der Waals surface area contributed by atoms with Crippen LogP contribution in [0.3, 0.4) is 0 Å². The first kappa shape index (κ1) is 27.3. The lowest BCUT2D eigenvalue weighted by molar-refractivity contribution is -0.231. The van der Waals surface area contributed by atoms with Gasteiger partial charge in [0.25, 0.3) is 0 Å². The van der Waals surface area contributed by atoms with Crippen LogP contribution in [0.4, 0.5) is 16.0 Å². The number of imidazole rings is 1. The van der Waals surface area contributed by atoms with Crippen LogP contribution < -0.4 is 10.6 Å². The molecule has 40 heavy (non-hydrogen) atoms. The van der Waals surface area contributed by atoms with E-state index in [1.807, 2.05) is 6.07 Å². The van der Waals surface area contributed by atoms with Gasteiger partial charge in [-0.3, -0.25) is 9.78 Å². The molecular weight excluding hydrogens is 517 g/mol. The van der Waals surface area contributed by atoms with Gasteiger partial charge >= 0.3 is 0 Å². The third-order valence-corrected chi connectivity index (χ3v) is 6.36. The molecule has 0 saturated carbocycles. The quantitative estimate of drug-likeness (QED) is 0.252. The van der Waals surface area contributed by atoms with Crippen LogP contribution in [-0.4, -0.2) is 64.3 Å². The summed E-state index contributed by atoms with van der Waals surface area (Å²) in [5.74, 6) is 0.259. The molecule has 5 rings (SSSR count). The monoisotopic (exact) mass is 547 g/mol. The van der Waals surface area contributed by atoms with Crippen LogP contribution in [0.1, 0.15) is 25.5 Å². The van der Waals surface area contributed by atoms with Gasteiger partial charge in [-0.15, -0.1) is 0 Å².